The minimum Gasteiger partial charge on any atom is -0.311 e. The Hall–Kier alpha value is -1.56. The minimum atomic E-state index is -4.40. The predicted octanol–water partition coefficient (Wildman–Crippen LogP) is 3.12. The summed E-state index contributed by atoms with van der Waals surface area (Å²) in [6, 6.07) is 3.76. The molecule has 0 saturated carbocycles. The SMILES string of the molecule is CCNC1CCCN(c2ccc(C)c(C(F)(F)F)c2)C1=O. The van der Waals surface area contributed by atoms with Crippen molar-refractivity contribution in [2.24, 2.45) is 0 Å². The lowest BCUT2D eigenvalue weighted by Crippen LogP contribution is -2.50. The number of piperidine rings is 1. The number of anilines is 1. The lowest BCUT2D eigenvalue weighted by molar-refractivity contribution is -0.138. The van der Waals surface area contributed by atoms with Gasteiger partial charge in [0.1, 0.15) is 0 Å². The summed E-state index contributed by atoms with van der Waals surface area (Å²) in [5, 5.41) is 3.08. The molecule has 116 valence electrons. The molecular formula is C15H19F3N2O. The molecule has 0 aliphatic carbocycles. The monoisotopic (exact) mass is 300 g/mol. The molecule has 0 radical (unpaired) electrons. The Morgan fingerprint density at radius 3 is 2.71 bits per heavy atom. The molecule has 1 unspecified atom stereocenters. The van der Waals surface area contributed by atoms with Crippen molar-refractivity contribution in [1.29, 1.82) is 0 Å². The highest BCUT2D eigenvalue weighted by atomic mass is 19.4. The molecule has 1 N–H and O–H groups in total. The van der Waals surface area contributed by atoms with Crippen molar-refractivity contribution in [1.82, 2.24) is 5.32 Å². The number of hydrogen-bond acceptors (Lipinski definition) is 2. The molecule has 6 heteroatoms. The number of amides is 1. The summed E-state index contributed by atoms with van der Waals surface area (Å²) in [6.07, 6.45) is -2.90. The average Bonchev–Trinajstić information content (AvgIpc) is 2.41. The second-order valence-corrected chi connectivity index (χ2v) is 5.24. The molecule has 1 amide bonds. The Balaban J connectivity index is 2.31. The number of nitrogens with one attached hydrogen (secondary N) is 1. The zero-order valence-corrected chi connectivity index (χ0v) is 12.1. The van der Waals surface area contributed by atoms with Gasteiger partial charge in [-0.1, -0.05) is 13.0 Å². The minimum absolute atomic E-state index is 0.153. The van der Waals surface area contributed by atoms with Gasteiger partial charge < -0.3 is 10.2 Å². The number of carbonyl (C=O) groups excluding carboxylic acids is 1. The number of aryl methyl sites for hydroxylation is 1. The number of hydrogen-bond donors (Lipinski definition) is 1. The summed E-state index contributed by atoms with van der Waals surface area (Å²) in [4.78, 5) is 13.8. The summed E-state index contributed by atoms with van der Waals surface area (Å²) in [6.45, 7) is 4.44. The molecule has 1 atom stereocenters. The van der Waals surface area contributed by atoms with Crippen molar-refractivity contribution >= 4 is 11.6 Å². The van der Waals surface area contributed by atoms with Gasteiger partial charge in [0.15, 0.2) is 0 Å². The topological polar surface area (TPSA) is 32.3 Å². The molecule has 1 aliphatic rings. The number of alkyl halides is 3. The van der Waals surface area contributed by atoms with E-state index in [0.29, 0.717) is 18.8 Å². The predicted molar refractivity (Wildman–Crippen MR) is 75.2 cm³/mol. The second-order valence-electron chi connectivity index (χ2n) is 5.24. The van der Waals surface area contributed by atoms with Crippen LogP contribution in [0.3, 0.4) is 0 Å². The summed E-state index contributed by atoms with van der Waals surface area (Å²) in [7, 11) is 0. The van der Waals surface area contributed by atoms with Gasteiger partial charge in [0.05, 0.1) is 11.6 Å². The van der Waals surface area contributed by atoms with Crippen molar-refractivity contribution in [3.63, 3.8) is 0 Å². The smallest absolute Gasteiger partial charge is 0.311 e. The molecule has 1 aliphatic heterocycles. The van der Waals surface area contributed by atoms with Crippen LogP contribution in [0.5, 0.6) is 0 Å². The van der Waals surface area contributed by atoms with Crippen LogP contribution < -0.4 is 10.2 Å². The summed E-state index contributed by atoms with van der Waals surface area (Å²) in [5.41, 5.74) is -0.196. The molecule has 2 rings (SSSR count). The van der Waals surface area contributed by atoms with Crippen molar-refractivity contribution < 1.29 is 18.0 Å². The molecule has 21 heavy (non-hydrogen) atoms. The maximum Gasteiger partial charge on any atom is 0.416 e. The van der Waals surface area contributed by atoms with Gasteiger partial charge in [-0.2, -0.15) is 13.2 Å². The third-order valence-corrected chi connectivity index (χ3v) is 3.73. The molecule has 3 nitrogen and oxygen atoms in total. The van der Waals surface area contributed by atoms with E-state index in [1.54, 1.807) is 6.07 Å². The van der Waals surface area contributed by atoms with Crippen molar-refractivity contribution in [2.75, 3.05) is 18.0 Å². The first-order valence-electron chi connectivity index (χ1n) is 7.07. The molecule has 1 saturated heterocycles. The number of halogens is 3. The van der Waals surface area contributed by atoms with Gasteiger partial charge in [-0.25, -0.2) is 0 Å². The van der Waals surface area contributed by atoms with Crippen LogP contribution >= 0.6 is 0 Å². The first kappa shape index (κ1) is 15.8. The first-order valence-corrected chi connectivity index (χ1v) is 7.07. The fourth-order valence-corrected chi connectivity index (χ4v) is 2.65. The van der Waals surface area contributed by atoms with Gasteiger partial charge in [0, 0.05) is 12.2 Å². The molecule has 0 spiro atoms. The van der Waals surface area contributed by atoms with Crippen molar-refractivity contribution in [3.05, 3.63) is 29.3 Å². The molecule has 1 aromatic carbocycles. The van der Waals surface area contributed by atoms with Gasteiger partial charge >= 0.3 is 6.18 Å². The lowest BCUT2D eigenvalue weighted by Gasteiger charge is -2.33. The zero-order valence-electron chi connectivity index (χ0n) is 12.1. The van der Waals surface area contributed by atoms with Crippen LogP contribution in [0.2, 0.25) is 0 Å². The highest BCUT2D eigenvalue weighted by Gasteiger charge is 2.34. The van der Waals surface area contributed by atoms with E-state index < -0.39 is 11.7 Å². The highest BCUT2D eigenvalue weighted by molar-refractivity contribution is 5.98. The van der Waals surface area contributed by atoms with Gasteiger partial charge in [-0.05, 0) is 44.0 Å². The van der Waals surface area contributed by atoms with Gasteiger partial charge in [0.2, 0.25) is 5.91 Å². The maximum atomic E-state index is 13.0. The van der Waals surface area contributed by atoms with E-state index >= 15 is 0 Å². The maximum absolute atomic E-state index is 13.0. The molecule has 0 bridgehead atoms. The fourth-order valence-electron chi connectivity index (χ4n) is 2.65. The summed E-state index contributed by atoms with van der Waals surface area (Å²) in [5.74, 6) is -0.153. The standard InChI is InChI=1S/C15H19F3N2O/c1-3-19-13-5-4-8-20(14(13)21)11-7-6-10(2)12(9-11)15(16,17)18/h6-7,9,13,19H,3-5,8H2,1-2H3. The molecule has 0 aromatic heterocycles. The molecule has 1 aromatic rings. The van der Waals surface area contributed by atoms with Crippen LogP contribution in [0, 0.1) is 6.92 Å². The Kier molecular flexibility index (Phi) is 4.56. The Morgan fingerprint density at radius 2 is 2.10 bits per heavy atom. The van der Waals surface area contributed by atoms with Crippen LogP contribution in [0.4, 0.5) is 18.9 Å². The van der Waals surface area contributed by atoms with Crippen LogP contribution in [-0.4, -0.2) is 25.0 Å². The van der Waals surface area contributed by atoms with Gasteiger partial charge in [-0.3, -0.25) is 4.79 Å². The summed E-state index contributed by atoms with van der Waals surface area (Å²) < 4.78 is 38.9. The quantitative estimate of drug-likeness (QED) is 0.930. The Bertz CT molecular complexity index is 526. The Morgan fingerprint density at radius 1 is 1.38 bits per heavy atom. The first-order chi connectivity index (χ1) is 9.84. The van der Waals surface area contributed by atoms with E-state index in [0.717, 1.165) is 18.9 Å². The van der Waals surface area contributed by atoms with Crippen LogP contribution in [0.1, 0.15) is 30.9 Å². The molecule has 1 fully saturated rings. The van der Waals surface area contributed by atoms with E-state index in [1.807, 2.05) is 6.92 Å². The number of nitrogens with zero attached hydrogens (tertiary/aromatic N) is 1. The fraction of sp³-hybridized carbons (Fsp3) is 0.533. The van der Waals surface area contributed by atoms with Crippen molar-refractivity contribution in [3.8, 4) is 0 Å². The normalized spacial score (nSPS) is 20.0. The van der Waals surface area contributed by atoms with Crippen LogP contribution in [0.15, 0.2) is 18.2 Å². The number of rotatable bonds is 3. The number of likely N-dealkylation sites (N-methyl/N-ethyl adjacent to an activating group) is 1. The van der Waals surface area contributed by atoms with E-state index in [2.05, 4.69) is 5.32 Å². The molecular weight excluding hydrogens is 281 g/mol. The summed E-state index contributed by atoms with van der Waals surface area (Å²) >= 11 is 0. The third kappa shape index (κ3) is 3.37. The van der Waals surface area contributed by atoms with E-state index in [9.17, 15) is 18.0 Å². The van der Waals surface area contributed by atoms with Crippen LogP contribution in [0.25, 0.3) is 0 Å². The zero-order chi connectivity index (χ0) is 15.6. The third-order valence-electron chi connectivity index (χ3n) is 3.73. The second kappa shape index (κ2) is 6.05. The lowest BCUT2D eigenvalue weighted by atomic mass is 10.0. The van der Waals surface area contributed by atoms with Gasteiger partial charge in [-0.15, -0.1) is 0 Å². The molecule has 1 heterocycles. The van der Waals surface area contributed by atoms with Crippen LogP contribution in [-0.2, 0) is 11.0 Å². The number of carbonyl (C=O) groups is 1. The van der Waals surface area contributed by atoms with Crippen molar-refractivity contribution in [2.45, 2.75) is 38.9 Å². The largest absolute Gasteiger partial charge is 0.416 e. The van der Waals surface area contributed by atoms with E-state index in [4.69, 9.17) is 0 Å². The highest BCUT2D eigenvalue weighted by Crippen LogP contribution is 2.35. The van der Waals surface area contributed by atoms with E-state index in [-0.39, 0.29) is 17.5 Å². The Labute approximate surface area is 122 Å². The van der Waals surface area contributed by atoms with E-state index in [1.165, 1.54) is 17.9 Å². The van der Waals surface area contributed by atoms with Gasteiger partial charge in [0.25, 0.3) is 0 Å². The number of benzene rings is 1. The average molecular weight is 300 g/mol.